The molecule has 0 radical (unpaired) electrons. The zero-order valence-corrected chi connectivity index (χ0v) is 16.4. The Morgan fingerprint density at radius 1 is 1.00 bits per heavy atom. The van der Waals surface area contributed by atoms with Gasteiger partial charge in [0.25, 0.3) is 5.91 Å². The van der Waals surface area contributed by atoms with Crippen LogP contribution in [0.15, 0.2) is 41.5 Å². The molecule has 0 heterocycles. The largest absolute Gasteiger partial charge is 0.376 e. The van der Waals surface area contributed by atoms with Crippen LogP contribution in [0.1, 0.15) is 36.1 Å². The van der Waals surface area contributed by atoms with Gasteiger partial charge in [-0.2, -0.15) is 5.10 Å². The van der Waals surface area contributed by atoms with Gasteiger partial charge >= 0.3 is 0 Å². The highest BCUT2D eigenvalue weighted by atomic mass is 16.2. The van der Waals surface area contributed by atoms with E-state index < -0.39 is 0 Å². The molecule has 0 bridgehead atoms. The summed E-state index contributed by atoms with van der Waals surface area (Å²) in [6, 6.07) is 11.5. The van der Waals surface area contributed by atoms with Crippen LogP contribution in [-0.4, -0.2) is 24.1 Å². The second kappa shape index (κ2) is 8.98. The van der Waals surface area contributed by atoms with Gasteiger partial charge in [-0.25, -0.2) is 5.43 Å². The number of carbonyl (C=O) groups excluding carboxylic acids is 2. The number of rotatable bonds is 6. The van der Waals surface area contributed by atoms with Gasteiger partial charge in [0, 0.05) is 18.3 Å². The maximum absolute atomic E-state index is 12.1. The maximum Gasteiger partial charge on any atom is 0.259 e. The fraction of sp³-hybridized carbons (Fsp3) is 0.286. The third kappa shape index (κ3) is 5.95. The summed E-state index contributed by atoms with van der Waals surface area (Å²) >= 11 is 0. The summed E-state index contributed by atoms with van der Waals surface area (Å²) in [5.74, 6) is -0.366. The van der Waals surface area contributed by atoms with Crippen molar-refractivity contribution in [3.63, 3.8) is 0 Å². The smallest absolute Gasteiger partial charge is 0.259 e. The molecule has 0 unspecified atom stereocenters. The molecule has 0 spiro atoms. The Hall–Kier alpha value is -3.15. The number of benzene rings is 2. The molecule has 0 aliphatic rings. The van der Waals surface area contributed by atoms with E-state index in [9.17, 15) is 9.59 Å². The van der Waals surface area contributed by atoms with E-state index in [2.05, 4.69) is 40.2 Å². The molecule has 0 fully saturated rings. The highest BCUT2D eigenvalue weighted by molar-refractivity contribution is 6.01. The van der Waals surface area contributed by atoms with E-state index in [0.717, 1.165) is 22.4 Å². The number of aryl methyl sites for hydroxylation is 3. The first-order valence-electron chi connectivity index (χ1n) is 8.79. The minimum atomic E-state index is -0.230. The number of amides is 2. The van der Waals surface area contributed by atoms with E-state index in [1.54, 1.807) is 13.0 Å². The molecule has 2 amide bonds. The van der Waals surface area contributed by atoms with E-state index in [-0.39, 0.29) is 18.4 Å². The van der Waals surface area contributed by atoms with E-state index in [4.69, 9.17) is 0 Å². The molecule has 27 heavy (non-hydrogen) atoms. The van der Waals surface area contributed by atoms with Gasteiger partial charge in [0.15, 0.2) is 0 Å². The molecule has 0 aromatic heterocycles. The molecular formula is C21H26N4O2. The van der Waals surface area contributed by atoms with Crippen molar-refractivity contribution in [2.75, 3.05) is 17.2 Å². The molecule has 2 aromatic carbocycles. The normalized spacial score (nSPS) is 11.1. The number of hydrogen-bond acceptors (Lipinski definition) is 4. The molecule has 2 aromatic rings. The Labute approximate surface area is 160 Å². The third-order valence-electron chi connectivity index (χ3n) is 4.05. The van der Waals surface area contributed by atoms with Crippen LogP contribution in [0.3, 0.4) is 0 Å². The average molecular weight is 366 g/mol. The lowest BCUT2D eigenvalue weighted by molar-refractivity contribution is -0.119. The Bertz CT molecular complexity index is 864. The van der Waals surface area contributed by atoms with Crippen molar-refractivity contribution in [3.8, 4) is 0 Å². The standard InChI is InChI=1S/C21H26N4O2/c1-13-9-14(2)21(15(3)10-13)22-12-20(27)25-24-16(4)18-7-6-8-19(11-18)23-17(5)26/h6-11,22H,12H2,1-5H3,(H,23,26)(H,25,27)/b24-16-. The molecule has 0 saturated carbocycles. The number of nitrogens with one attached hydrogen (secondary N) is 3. The van der Waals surface area contributed by atoms with Crippen molar-refractivity contribution >= 4 is 28.9 Å². The minimum absolute atomic E-state index is 0.132. The van der Waals surface area contributed by atoms with Crippen LogP contribution >= 0.6 is 0 Å². The zero-order chi connectivity index (χ0) is 20.0. The Morgan fingerprint density at radius 2 is 1.67 bits per heavy atom. The molecule has 3 N–H and O–H groups in total. The Kier molecular flexibility index (Phi) is 6.71. The minimum Gasteiger partial charge on any atom is -0.376 e. The van der Waals surface area contributed by atoms with Crippen LogP contribution in [-0.2, 0) is 9.59 Å². The van der Waals surface area contributed by atoms with Crippen LogP contribution in [0.2, 0.25) is 0 Å². The van der Waals surface area contributed by atoms with Gasteiger partial charge in [-0.3, -0.25) is 9.59 Å². The molecular weight excluding hydrogens is 340 g/mol. The van der Waals surface area contributed by atoms with E-state index >= 15 is 0 Å². The van der Waals surface area contributed by atoms with Crippen molar-refractivity contribution in [2.24, 2.45) is 5.10 Å². The van der Waals surface area contributed by atoms with Crippen LogP contribution in [0.25, 0.3) is 0 Å². The number of nitrogens with zero attached hydrogens (tertiary/aromatic N) is 1. The first kappa shape index (κ1) is 20.2. The highest BCUT2D eigenvalue weighted by Crippen LogP contribution is 2.21. The van der Waals surface area contributed by atoms with E-state index in [0.29, 0.717) is 11.4 Å². The predicted octanol–water partition coefficient (Wildman–Crippen LogP) is 3.52. The van der Waals surface area contributed by atoms with E-state index in [1.807, 2.05) is 32.0 Å². The lowest BCUT2D eigenvalue weighted by Crippen LogP contribution is -2.27. The van der Waals surface area contributed by atoms with Gasteiger partial charge in [-0.1, -0.05) is 29.8 Å². The second-order valence-corrected chi connectivity index (χ2v) is 6.62. The molecule has 6 nitrogen and oxygen atoms in total. The van der Waals surface area contributed by atoms with E-state index in [1.165, 1.54) is 12.5 Å². The first-order chi connectivity index (χ1) is 12.8. The third-order valence-corrected chi connectivity index (χ3v) is 4.05. The van der Waals surface area contributed by atoms with Gasteiger partial charge in [-0.15, -0.1) is 0 Å². The fourth-order valence-electron chi connectivity index (χ4n) is 2.90. The molecule has 0 aliphatic heterocycles. The summed E-state index contributed by atoms with van der Waals surface area (Å²) < 4.78 is 0. The summed E-state index contributed by atoms with van der Waals surface area (Å²) in [5, 5.41) is 10.1. The Balaban J connectivity index is 1.97. The van der Waals surface area contributed by atoms with Crippen LogP contribution in [0.4, 0.5) is 11.4 Å². The second-order valence-electron chi connectivity index (χ2n) is 6.62. The predicted molar refractivity (Wildman–Crippen MR) is 110 cm³/mol. The monoisotopic (exact) mass is 366 g/mol. The quantitative estimate of drug-likeness (QED) is 0.540. The molecule has 2 rings (SSSR count). The van der Waals surface area contributed by atoms with Gasteiger partial charge < -0.3 is 10.6 Å². The molecule has 0 atom stereocenters. The van der Waals surface area contributed by atoms with Crippen LogP contribution < -0.4 is 16.1 Å². The van der Waals surface area contributed by atoms with Crippen molar-refractivity contribution in [3.05, 3.63) is 58.7 Å². The van der Waals surface area contributed by atoms with Crippen LogP contribution in [0, 0.1) is 20.8 Å². The van der Waals surface area contributed by atoms with Crippen molar-refractivity contribution < 1.29 is 9.59 Å². The summed E-state index contributed by atoms with van der Waals surface area (Å²) in [4.78, 5) is 23.3. The molecule has 6 heteroatoms. The topological polar surface area (TPSA) is 82.6 Å². The lowest BCUT2D eigenvalue weighted by atomic mass is 10.1. The average Bonchev–Trinajstić information content (AvgIpc) is 2.58. The highest BCUT2D eigenvalue weighted by Gasteiger charge is 2.07. The number of anilines is 2. The number of carbonyl (C=O) groups is 2. The van der Waals surface area contributed by atoms with Gasteiger partial charge in [-0.05, 0) is 56.5 Å². The lowest BCUT2D eigenvalue weighted by Gasteiger charge is -2.13. The summed E-state index contributed by atoms with van der Waals surface area (Å²) in [6.07, 6.45) is 0. The summed E-state index contributed by atoms with van der Waals surface area (Å²) in [5.41, 5.74) is 9.10. The van der Waals surface area contributed by atoms with Crippen molar-refractivity contribution in [1.29, 1.82) is 0 Å². The van der Waals surface area contributed by atoms with Gasteiger partial charge in [0.2, 0.25) is 5.91 Å². The summed E-state index contributed by atoms with van der Waals surface area (Å²) in [6.45, 7) is 9.48. The Morgan fingerprint density at radius 3 is 2.30 bits per heavy atom. The number of hydrazone groups is 1. The molecule has 0 saturated heterocycles. The van der Waals surface area contributed by atoms with Crippen LogP contribution in [0.5, 0.6) is 0 Å². The fourth-order valence-corrected chi connectivity index (χ4v) is 2.90. The SMILES string of the molecule is CC(=O)Nc1cccc(/C(C)=N\NC(=O)CNc2c(C)cc(C)cc2C)c1. The van der Waals surface area contributed by atoms with Gasteiger partial charge in [0.1, 0.15) is 0 Å². The maximum atomic E-state index is 12.1. The molecule has 0 aliphatic carbocycles. The zero-order valence-electron chi connectivity index (χ0n) is 16.4. The van der Waals surface area contributed by atoms with Crippen molar-refractivity contribution in [2.45, 2.75) is 34.6 Å². The van der Waals surface area contributed by atoms with Gasteiger partial charge in [0.05, 0.1) is 12.3 Å². The van der Waals surface area contributed by atoms with Crippen molar-refractivity contribution in [1.82, 2.24) is 5.43 Å². The first-order valence-corrected chi connectivity index (χ1v) is 8.79. The summed E-state index contributed by atoms with van der Waals surface area (Å²) in [7, 11) is 0. The number of hydrogen-bond donors (Lipinski definition) is 3. The molecule has 142 valence electrons.